The van der Waals surface area contributed by atoms with Crippen molar-refractivity contribution in [2.45, 2.75) is 53.3 Å². The molecule has 9 nitrogen and oxygen atoms in total. The molecule has 0 aliphatic heterocycles. The van der Waals surface area contributed by atoms with Gasteiger partial charge in [-0.2, -0.15) is 52.7 Å². The molecule has 23 heteroatoms. The number of fused-ring (bicyclic) bond motifs is 3. The number of nitrogens with zero attached hydrogens (tertiary/aromatic N) is 3. The van der Waals surface area contributed by atoms with E-state index in [4.69, 9.17) is 0 Å². The number of aliphatic hydroxyl groups is 1. The summed E-state index contributed by atoms with van der Waals surface area (Å²) in [6.45, 7) is 3.48. The summed E-state index contributed by atoms with van der Waals surface area (Å²) in [4.78, 5) is 23.0. The Kier molecular flexibility index (Phi) is 19.2. The van der Waals surface area contributed by atoms with Crippen molar-refractivity contribution in [2.24, 2.45) is 0 Å². The third-order valence-electron chi connectivity index (χ3n) is 14.6. The Morgan fingerprint density at radius 2 is 0.798 bits per heavy atom. The monoisotopic (exact) mass is 1330 g/mol. The maximum absolute atomic E-state index is 13.3. The molecule has 12 rings (SSSR count). The number of hydrogen-bond acceptors (Lipinski definition) is 7. The van der Waals surface area contributed by atoms with Gasteiger partial charge in [-0.3, -0.25) is 0 Å². The molecule has 0 spiro atoms. The van der Waals surface area contributed by atoms with Gasteiger partial charge in [0.1, 0.15) is 17.5 Å². The highest BCUT2D eigenvalue weighted by Gasteiger charge is 2.47. The van der Waals surface area contributed by atoms with Crippen LogP contribution in [0.25, 0.3) is 103 Å². The van der Waals surface area contributed by atoms with Gasteiger partial charge in [0.05, 0.1) is 60.3 Å². The van der Waals surface area contributed by atoms with Gasteiger partial charge in [0, 0.05) is 4.90 Å². The van der Waals surface area contributed by atoms with Crippen molar-refractivity contribution in [3.63, 3.8) is 0 Å². The van der Waals surface area contributed by atoms with Crippen molar-refractivity contribution in [1.29, 1.82) is 0 Å². The number of imidazole rings is 3. The highest BCUT2D eigenvalue weighted by Crippen LogP contribution is 2.40. The second-order valence-corrected chi connectivity index (χ2v) is 24.4. The fourth-order valence-electron chi connectivity index (χ4n) is 10.1. The lowest BCUT2D eigenvalue weighted by Crippen LogP contribution is -2.23. The zero-order valence-electron chi connectivity index (χ0n) is 49.5. The predicted molar refractivity (Wildman–Crippen MR) is 346 cm³/mol. The van der Waals surface area contributed by atoms with Gasteiger partial charge in [-0.05, 0) is 173 Å². The lowest BCUT2D eigenvalue weighted by atomic mass is 9.89. The molecule has 3 aromatic heterocycles. The van der Waals surface area contributed by atoms with Crippen LogP contribution in [0, 0.1) is 0 Å². The number of aromatic nitrogens is 6. The molecule has 0 amide bonds. The first kappa shape index (κ1) is 66.9. The Hall–Kier alpha value is -9.97. The van der Waals surface area contributed by atoms with Crippen molar-refractivity contribution in [3.05, 3.63) is 257 Å². The normalized spacial score (nSPS) is 12.7. The van der Waals surface area contributed by atoms with E-state index in [1.54, 1.807) is 56.0 Å². The summed E-state index contributed by atoms with van der Waals surface area (Å²) in [6, 6.07) is 52.1. The number of thioether (sulfide) groups is 1. The molecule has 480 valence electrons. The van der Waals surface area contributed by atoms with E-state index in [0.717, 1.165) is 75.2 Å². The summed E-state index contributed by atoms with van der Waals surface area (Å²) in [6.07, 6.45) is -1.75. The van der Waals surface area contributed by atoms with Gasteiger partial charge in [0.2, 0.25) is 0 Å². The number of benzene rings is 9. The minimum atomic E-state index is -5.43. The standard InChI is InChI=1S/C25H21F3N2O.C23H14F6N2O2S.C23H17F3N2S/c1-24(2,31)20-10-6-4-8-18(20)17-11-13-21-22(15-17)30-23(29-21)14-12-16-7-3-5-9-19(16)25(26,27)28;24-22(25,26)18-4-2-1-3-17(18)15-8-11-19-20(13-15)31-21(30-19)12-7-14-5-9-16(10-6-14)34(32,33)23(27,28)29;1-29-21-5-3-2-4-18(21)16-9-12-19-20(14-16)28-22(27-19)13-8-15-6-10-17(11-7-15)23(24,25)26/h3-15,31H,1-2H3,(H,29,30);1-13H,(H,30,31);2-14H,1H3,(H,27,28)/b14-12+;12-7+;13-8+. The summed E-state index contributed by atoms with van der Waals surface area (Å²) in [5.41, 5.74) is 2.12. The van der Waals surface area contributed by atoms with Crippen molar-refractivity contribution in [3.8, 4) is 33.4 Å². The van der Waals surface area contributed by atoms with E-state index in [1.165, 1.54) is 95.4 Å². The van der Waals surface area contributed by atoms with Gasteiger partial charge >= 0.3 is 24.0 Å². The summed E-state index contributed by atoms with van der Waals surface area (Å²) in [7, 11) is -5.43. The summed E-state index contributed by atoms with van der Waals surface area (Å²) in [5, 5.41) is 10.5. The fraction of sp³-hybridized carbons (Fsp3) is 0.113. The molecular weight excluding hydrogens is 1280 g/mol. The number of hydrogen-bond donors (Lipinski definition) is 4. The number of alkyl halides is 12. The number of nitrogens with one attached hydrogen (secondary N) is 3. The van der Waals surface area contributed by atoms with Crippen molar-refractivity contribution >= 4 is 91.2 Å². The van der Waals surface area contributed by atoms with Crippen molar-refractivity contribution in [1.82, 2.24) is 29.9 Å². The largest absolute Gasteiger partial charge is 0.501 e. The molecule has 0 saturated carbocycles. The zero-order chi connectivity index (χ0) is 67.4. The molecule has 0 aliphatic rings. The molecule has 0 aliphatic carbocycles. The van der Waals surface area contributed by atoms with Crippen LogP contribution >= 0.6 is 11.8 Å². The van der Waals surface area contributed by atoms with Crippen LogP contribution in [-0.2, 0) is 34.0 Å². The topological polar surface area (TPSA) is 140 Å². The maximum Gasteiger partial charge on any atom is 0.501 e. The number of aromatic amines is 3. The highest BCUT2D eigenvalue weighted by molar-refractivity contribution is 7.98. The second-order valence-electron chi connectivity index (χ2n) is 21.6. The van der Waals surface area contributed by atoms with Crippen LogP contribution in [0.1, 0.15) is 70.3 Å². The van der Waals surface area contributed by atoms with Crippen LogP contribution in [0.15, 0.2) is 210 Å². The summed E-state index contributed by atoms with van der Waals surface area (Å²) >= 11 is 1.70. The Balaban J connectivity index is 0.000000154. The molecule has 0 atom stereocenters. The van der Waals surface area contributed by atoms with Crippen LogP contribution in [0.5, 0.6) is 0 Å². The Labute approximate surface area is 534 Å². The van der Waals surface area contributed by atoms with Gasteiger partial charge in [-0.15, -0.1) is 11.8 Å². The molecule has 0 bridgehead atoms. The van der Waals surface area contributed by atoms with Crippen LogP contribution < -0.4 is 0 Å². The zero-order valence-corrected chi connectivity index (χ0v) is 51.1. The van der Waals surface area contributed by atoms with Crippen LogP contribution in [-0.4, -0.2) is 55.2 Å². The van der Waals surface area contributed by atoms with E-state index in [-0.39, 0.29) is 11.1 Å². The van der Waals surface area contributed by atoms with Crippen LogP contribution in [0.3, 0.4) is 0 Å². The quantitative estimate of drug-likeness (QED) is 0.0705. The van der Waals surface area contributed by atoms with Crippen molar-refractivity contribution in [2.75, 3.05) is 6.26 Å². The first-order chi connectivity index (χ1) is 44.4. The average molecular weight is 1330 g/mol. The molecule has 9 aromatic carbocycles. The number of sulfone groups is 1. The molecule has 4 N–H and O–H groups in total. The third-order valence-corrected chi connectivity index (χ3v) is 16.9. The van der Waals surface area contributed by atoms with Gasteiger partial charge < -0.3 is 20.1 Å². The van der Waals surface area contributed by atoms with Crippen LogP contribution in [0.4, 0.5) is 52.7 Å². The molecule has 94 heavy (non-hydrogen) atoms. The highest BCUT2D eigenvalue weighted by atomic mass is 32.2. The number of H-pyrrole nitrogens is 3. The summed E-state index contributed by atoms with van der Waals surface area (Å²) in [5.74, 6) is 1.46. The van der Waals surface area contributed by atoms with Crippen LogP contribution in [0.2, 0.25) is 0 Å². The number of rotatable bonds is 12. The molecular formula is C71H52F12N6O3S2. The first-order valence-corrected chi connectivity index (χ1v) is 31.0. The lowest BCUT2D eigenvalue weighted by Gasteiger charge is -2.21. The first-order valence-electron chi connectivity index (χ1n) is 28.3. The molecule has 12 aromatic rings. The molecule has 3 heterocycles. The van der Waals surface area contributed by atoms with E-state index >= 15 is 0 Å². The van der Waals surface area contributed by atoms with Gasteiger partial charge in [-0.1, -0.05) is 140 Å². The molecule has 0 radical (unpaired) electrons. The smallest absolute Gasteiger partial charge is 0.386 e. The van der Waals surface area contributed by atoms with Gasteiger partial charge in [0.25, 0.3) is 9.84 Å². The molecule has 0 fully saturated rings. The van der Waals surface area contributed by atoms with E-state index < -0.39 is 61.1 Å². The van der Waals surface area contributed by atoms with E-state index in [9.17, 15) is 66.2 Å². The van der Waals surface area contributed by atoms with Crippen molar-refractivity contribution < 1.29 is 66.2 Å². The third kappa shape index (κ3) is 15.7. The number of halogens is 12. The van der Waals surface area contributed by atoms with Gasteiger partial charge in [0.15, 0.2) is 0 Å². The second kappa shape index (κ2) is 26.9. The minimum absolute atomic E-state index is 0.0255. The minimum Gasteiger partial charge on any atom is -0.386 e. The molecule has 0 saturated heterocycles. The van der Waals surface area contributed by atoms with Gasteiger partial charge in [-0.25, -0.2) is 23.4 Å². The van der Waals surface area contributed by atoms with E-state index in [1.807, 2.05) is 66.7 Å². The Bertz CT molecular complexity index is 4900. The summed E-state index contributed by atoms with van der Waals surface area (Å²) < 4.78 is 178. The fourth-order valence-corrected chi connectivity index (χ4v) is 11.4. The maximum atomic E-state index is 13.3. The van der Waals surface area contributed by atoms with E-state index in [2.05, 4.69) is 54.4 Å². The average Bonchev–Trinajstić information content (AvgIpc) is 1.25. The Morgan fingerprint density at radius 3 is 1.23 bits per heavy atom. The van der Waals surface area contributed by atoms with E-state index in [0.29, 0.717) is 50.7 Å². The SMILES string of the molecule is CC(C)(O)c1ccccc1-c1ccc2nc(/C=C/c3ccccc3C(F)(F)F)[nH]c2c1.CSc1ccccc1-c1ccc2nc(/C=C/c3ccc(C(F)(F)F)cc3)[nH]c2c1.O=S(=O)(c1ccc(/C=C/c2nc3ccc(-c4ccccc4C(F)(F)F)cc3[nH]2)cc1)C(F)(F)F. The Morgan fingerprint density at radius 1 is 0.415 bits per heavy atom. The lowest BCUT2D eigenvalue weighted by molar-refractivity contribution is -0.138. The molecule has 0 unspecified atom stereocenters. The predicted octanol–water partition coefficient (Wildman–Crippen LogP) is 20.5.